The summed E-state index contributed by atoms with van der Waals surface area (Å²) >= 11 is 0. The molecule has 0 atom stereocenters. The van der Waals surface area contributed by atoms with Gasteiger partial charge in [0.05, 0.1) is 0 Å². The van der Waals surface area contributed by atoms with Gasteiger partial charge >= 0.3 is 0 Å². The van der Waals surface area contributed by atoms with Gasteiger partial charge in [-0.2, -0.15) is 0 Å². The maximum atomic E-state index is 10.6. The van der Waals surface area contributed by atoms with Gasteiger partial charge in [-0.25, -0.2) is 0 Å². The minimum atomic E-state index is 0. The molecule has 9 heavy (non-hydrogen) atoms. The molecule has 0 fully saturated rings. The average Bonchev–Trinajstić information content (AvgIpc) is 1.84. The summed E-state index contributed by atoms with van der Waals surface area (Å²) in [5.41, 5.74) is 0. The van der Waals surface area contributed by atoms with Gasteiger partial charge in [-0.15, -0.1) is 6.54 Å². The first-order valence-electron chi connectivity index (χ1n) is 2.75. The summed E-state index contributed by atoms with van der Waals surface area (Å²) in [5.74, 6) is 0.153. The molecule has 0 N–H and O–H groups in total. The first kappa shape index (κ1) is 12.3. The fourth-order valence-corrected chi connectivity index (χ4v) is 0.395. The van der Waals surface area contributed by atoms with Gasteiger partial charge < -0.3 is 11.8 Å². The van der Waals surface area contributed by atoms with E-state index in [4.69, 9.17) is 0 Å². The van der Waals surface area contributed by atoms with E-state index >= 15 is 0 Å². The molecule has 1 amide bonds. The zero-order valence-electron chi connectivity index (χ0n) is 6.05. The van der Waals surface area contributed by atoms with E-state index in [0.29, 0.717) is 13.0 Å². The van der Waals surface area contributed by atoms with Crippen LogP contribution in [0.3, 0.4) is 0 Å². The third kappa shape index (κ3) is 5.04. The molecule has 0 aliphatic heterocycles. The molecule has 0 unspecified atom stereocenters. The molecule has 0 saturated carbocycles. The van der Waals surface area contributed by atoms with Crippen LogP contribution in [-0.2, 0) is 37.5 Å². The summed E-state index contributed by atoms with van der Waals surface area (Å²) in [6.45, 7) is 5.96. The molecule has 0 spiro atoms. The van der Waals surface area contributed by atoms with Crippen LogP contribution in [0.25, 0.3) is 0 Å². The predicted octanol–water partition coefficient (Wildman–Crippen LogP) is 0.686. The van der Waals surface area contributed by atoms with Crippen LogP contribution >= 0.6 is 0 Å². The van der Waals surface area contributed by atoms with Crippen molar-refractivity contribution in [1.82, 2.24) is 4.90 Å². The largest absolute Gasteiger partial charge is 0.376 e. The Morgan fingerprint density at radius 1 is 1.67 bits per heavy atom. The van der Waals surface area contributed by atoms with Crippen LogP contribution < -0.4 is 0 Å². The van der Waals surface area contributed by atoms with Crippen LogP contribution in [0.15, 0.2) is 0 Å². The summed E-state index contributed by atoms with van der Waals surface area (Å²) in [4.78, 5) is 12.2. The molecule has 0 aliphatic carbocycles. The van der Waals surface area contributed by atoms with E-state index < -0.39 is 0 Å². The average molecular weight is 203 g/mol. The summed E-state index contributed by atoms with van der Waals surface area (Å²) in [6.07, 6.45) is 0.575. The minimum Gasteiger partial charge on any atom is -0.376 e. The van der Waals surface area contributed by atoms with E-state index in [-0.39, 0.29) is 38.6 Å². The van der Waals surface area contributed by atoms with Crippen LogP contribution in [-0.4, -0.2) is 24.4 Å². The fraction of sp³-hybridized carbons (Fsp3) is 0.667. The maximum Gasteiger partial charge on any atom is 0.219 e. The Bertz CT molecular complexity index is 85.1. The smallest absolute Gasteiger partial charge is 0.219 e. The van der Waals surface area contributed by atoms with Crippen LogP contribution in [0, 0.1) is 6.92 Å². The number of rotatable bonds is 2. The van der Waals surface area contributed by atoms with Crippen molar-refractivity contribution in [3.63, 3.8) is 0 Å². The topological polar surface area (TPSA) is 20.3 Å². The molecular formula is C6H12NOY-. The number of nitrogens with zero attached hydrogens (tertiary/aromatic N) is 1. The van der Waals surface area contributed by atoms with Gasteiger partial charge in [-0.3, -0.25) is 4.79 Å². The SMILES string of the molecule is [CH2-]CN(C)C(=O)CC.[Y]. The molecule has 1 radical (unpaired) electrons. The Kier molecular flexibility index (Phi) is 9.12. The molecule has 0 saturated heterocycles. The quantitative estimate of drug-likeness (QED) is 0.604. The Hall–Kier alpha value is 0.574. The van der Waals surface area contributed by atoms with Crippen LogP contribution in [0.5, 0.6) is 0 Å². The van der Waals surface area contributed by atoms with Gasteiger partial charge in [-0.05, 0) is 0 Å². The summed E-state index contributed by atoms with van der Waals surface area (Å²) in [7, 11) is 1.75. The zero-order valence-corrected chi connectivity index (χ0v) is 8.89. The van der Waals surface area contributed by atoms with E-state index in [1.54, 1.807) is 11.9 Å². The van der Waals surface area contributed by atoms with E-state index in [0.717, 1.165) is 0 Å². The van der Waals surface area contributed by atoms with Crippen molar-refractivity contribution in [2.45, 2.75) is 13.3 Å². The minimum absolute atomic E-state index is 0. The van der Waals surface area contributed by atoms with Gasteiger partial charge in [0.1, 0.15) is 0 Å². The summed E-state index contributed by atoms with van der Waals surface area (Å²) in [6, 6.07) is 0. The Balaban J connectivity index is 0. The molecule has 0 aromatic carbocycles. The second-order valence-corrected chi connectivity index (χ2v) is 1.67. The van der Waals surface area contributed by atoms with Crippen molar-refractivity contribution in [1.29, 1.82) is 0 Å². The zero-order chi connectivity index (χ0) is 6.57. The number of carbonyl (C=O) groups excluding carboxylic acids is 1. The Labute approximate surface area is 81.9 Å². The van der Waals surface area contributed by atoms with Crippen molar-refractivity contribution >= 4 is 5.91 Å². The molecule has 51 valence electrons. The van der Waals surface area contributed by atoms with E-state index in [2.05, 4.69) is 6.92 Å². The molecule has 0 aromatic rings. The maximum absolute atomic E-state index is 10.6. The second-order valence-electron chi connectivity index (χ2n) is 1.67. The molecule has 0 heterocycles. The Morgan fingerprint density at radius 3 is 2.22 bits per heavy atom. The van der Waals surface area contributed by atoms with Crippen LogP contribution in [0.2, 0.25) is 0 Å². The van der Waals surface area contributed by atoms with Gasteiger partial charge in [0.25, 0.3) is 0 Å². The number of carbonyl (C=O) groups is 1. The van der Waals surface area contributed by atoms with Crippen molar-refractivity contribution < 1.29 is 37.5 Å². The first-order chi connectivity index (χ1) is 3.72. The third-order valence-electron chi connectivity index (χ3n) is 1.06. The molecule has 3 heteroatoms. The second kappa shape index (κ2) is 6.69. The first-order valence-corrected chi connectivity index (χ1v) is 2.75. The van der Waals surface area contributed by atoms with Gasteiger partial charge in [0.2, 0.25) is 5.91 Å². The van der Waals surface area contributed by atoms with Gasteiger partial charge in [0, 0.05) is 46.2 Å². The number of hydrogen-bond donors (Lipinski definition) is 0. The molecule has 0 bridgehead atoms. The van der Waals surface area contributed by atoms with Crippen molar-refractivity contribution in [2.75, 3.05) is 13.6 Å². The van der Waals surface area contributed by atoms with E-state index in [1.807, 2.05) is 6.92 Å². The molecule has 2 nitrogen and oxygen atoms in total. The van der Waals surface area contributed by atoms with Crippen molar-refractivity contribution in [3.05, 3.63) is 6.92 Å². The van der Waals surface area contributed by atoms with Crippen molar-refractivity contribution in [2.24, 2.45) is 0 Å². The predicted molar refractivity (Wildman–Crippen MR) is 33.3 cm³/mol. The summed E-state index contributed by atoms with van der Waals surface area (Å²) in [5, 5.41) is 0. The van der Waals surface area contributed by atoms with E-state index in [1.165, 1.54) is 0 Å². The van der Waals surface area contributed by atoms with Gasteiger partial charge in [0.15, 0.2) is 0 Å². The normalized spacial score (nSPS) is 7.89. The molecular weight excluding hydrogens is 191 g/mol. The number of amides is 1. The molecule has 0 aliphatic rings. The van der Waals surface area contributed by atoms with E-state index in [9.17, 15) is 4.79 Å². The third-order valence-corrected chi connectivity index (χ3v) is 1.06. The Morgan fingerprint density at radius 2 is 2.11 bits per heavy atom. The standard InChI is InChI=1S/C6H12NO.Y/c1-4-6(8)7(3)5-2;/h2,4-5H2,1,3H3;/q-1;. The summed E-state index contributed by atoms with van der Waals surface area (Å²) < 4.78 is 0. The molecule has 0 aromatic heterocycles. The van der Waals surface area contributed by atoms with Crippen LogP contribution in [0.1, 0.15) is 13.3 Å². The number of hydrogen-bond acceptors (Lipinski definition) is 1. The fourth-order valence-electron chi connectivity index (χ4n) is 0.395. The monoisotopic (exact) mass is 203 g/mol. The van der Waals surface area contributed by atoms with Crippen LogP contribution in [0.4, 0.5) is 0 Å². The van der Waals surface area contributed by atoms with Gasteiger partial charge in [-0.1, -0.05) is 6.92 Å². The van der Waals surface area contributed by atoms with Crippen molar-refractivity contribution in [3.8, 4) is 0 Å². The molecule has 0 rings (SSSR count).